The number of ether oxygens (including phenoxy) is 1. The number of carbonyl (C=O) groups excluding carboxylic acids is 1. The Balaban J connectivity index is 2.10. The van der Waals surface area contributed by atoms with Crippen LogP contribution in [0, 0.1) is 0 Å². The van der Waals surface area contributed by atoms with E-state index in [1.165, 1.54) is 18.1 Å². The van der Waals surface area contributed by atoms with E-state index in [-0.39, 0.29) is 18.6 Å². The third kappa shape index (κ3) is 5.80. The summed E-state index contributed by atoms with van der Waals surface area (Å²) in [7, 11) is 0. The Kier molecular flexibility index (Phi) is 6.97. The van der Waals surface area contributed by atoms with E-state index in [0.29, 0.717) is 13.1 Å². The number of hydrogen-bond donors (Lipinski definition) is 1. The average Bonchev–Trinajstić information content (AvgIpc) is 2.60. The highest BCUT2D eigenvalue weighted by Gasteiger charge is 2.23. The first-order chi connectivity index (χ1) is 11.6. The van der Waals surface area contributed by atoms with Crippen molar-refractivity contribution in [2.45, 2.75) is 39.1 Å². The summed E-state index contributed by atoms with van der Waals surface area (Å²) in [6, 6.07) is 20.2. The monoisotopic (exact) mass is 327 g/mol. The number of rotatable bonds is 8. The maximum absolute atomic E-state index is 11.0. The lowest BCUT2D eigenvalue weighted by Gasteiger charge is -2.32. The predicted octanol–water partition coefficient (Wildman–Crippen LogP) is 3.00. The van der Waals surface area contributed by atoms with Crippen molar-refractivity contribution in [3.8, 4) is 0 Å². The average molecular weight is 327 g/mol. The van der Waals surface area contributed by atoms with Gasteiger partial charge in [0.15, 0.2) is 0 Å². The molecule has 0 fully saturated rings. The van der Waals surface area contributed by atoms with Crippen molar-refractivity contribution in [3.63, 3.8) is 0 Å². The largest absolute Gasteiger partial charge is 0.463 e. The van der Waals surface area contributed by atoms with Crippen molar-refractivity contribution in [2.75, 3.05) is 6.61 Å². The number of benzene rings is 2. The minimum absolute atomic E-state index is 0.0105. The highest BCUT2D eigenvalue weighted by atomic mass is 16.5. The zero-order valence-corrected chi connectivity index (χ0v) is 14.3. The predicted molar refractivity (Wildman–Crippen MR) is 94.2 cm³/mol. The maximum atomic E-state index is 11.0. The van der Waals surface area contributed by atoms with Gasteiger partial charge in [-0.3, -0.25) is 9.69 Å². The first-order valence-corrected chi connectivity index (χ1v) is 8.19. The summed E-state index contributed by atoms with van der Waals surface area (Å²) in [5.74, 6) is -0.376. The smallest absolute Gasteiger partial charge is 0.302 e. The molecule has 24 heavy (non-hydrogen) atoms. The standard InChI is InChI=1S/C20H25NO3/c1-16(20(23)15-24-17(2)22)21(13-18-9-5-3-6-10-18)14-19-11-7-4-8-12-19/h3-12,16,20,23H,13-15H2,1-2H3/t16-,20+/m0/s1. The molecule has 0 aromatic heterocycles. The summed E-state index contributed by atoms with van der Waals surface area (Å²) in [6.45, 7) is 4.75. The van der Waals surface area contributed by atoms with Crippen molar-refractivity contribution < 1.29 is 14.6 Å². The van der Waals surface area contributed by atoms with Gasteiger partial charge in [-0.15, -0.1) is 0 Å². The lowest BCUT2D eigenvalue weighted by Crippen LogP contribution is -2.43. The highest BCUT2D eigenvalue weighted by molar-refractivity contribution is 5.65. The topological polar surface area (TPSA) is 49.8 Å². The molecule has 0 saturated heterocycles. The fourth-order valence-corrected chi connectivity index (χ4v) is 2.57. The summed E-state index contributed by atoms with van der Waals surface area (Å²) in [6.07, 6.45) is -0.735. The third-order valence-corrected chi connectivity index (χ3v) is 4.05. The second kappa shape index (κ2) is 9.21. The summed E-state index contributed by atoms with van der Waals surface area (Å²) in [5, 5.41) is 10.4. The van der Waals surface area contributed by atoms with Crippen LogP contribution in [0.4, 0.5) is 0 Å². The van der Waals surface area contributed by atoms with Gasteiger partial charge in [0, 0.05) is 26.1 Å². The molecule has 2 rings (SSSR count). The van der Waals surface area contributed by atoms with E-state index in [4.69, 9.17) is 4.74 Å². The molecule has 0 aliphatic rings. The number of esters is 1. The van der Waals surface area contributed by atoms with E-state index in [2.05, 4.69) is 29.2 Å². The van der Waals surface area contributed by atoms with Gasteiger partial charge in [0.05, 0.1) is 0 Å². The highest BCUT2D eigenvalue weighted by Crippen LogP contribution is 2.16. The van der Waals surface area contributed by atoms with Crippen molar-refractivity contribution in [1.82, 2.24) is 4.90 Å². The Hall–Kier alpha value is -2.17. The molecule has 0 aliphatic carbocycles. The van der Waals surface area contributed by atoms with Crippen LogP contribution in [0.15, 0.2) is 60.7 Å². The maximum Gasteiger partial charge on any atom is 0.302 e. The van der Waals surface area contributed by atoms with Gasteiger partial charge < -0.3 is 9.84 Å². The minimum atomic E-state index is -0.735. The molecule has 2 atom stereocenters. The van der Waals surface area contributed by atoms with E-state index >= 15 is 0 Å². The Morgan fingerprint density at radius 2 is 1.46 bits per heavy atom. The molecule has 2 aromatic rings. The van der Waals surface area contributed by atoms with E-state index in [1.54, 1.807) is 0 Å². The van der Waals surface area contributed by atoms with Gasteiger partial charge in [-0.2, -0.15) is 0 Å². The van der Waals surface area contributed by atoms with Crippen LogP contribution >= 0.6 is 0 Å². The molecule has 4 heteroatoms. The lowest BCUT2D eigenvalue weighted by molar-refractivity contribution is -0.145. The number of aliphatic hydroxyl groups is 1. The molecule has 0 heterocycles. The number of aliphatic hydroxyl groups excluding tert-OH is 1. The zero-order chi connectivity index (χ0) is 17.4. The van der Waals surface area contributed by atoms with Gasteiger partial charge in [0.25, 0.3) is 0 Å². The fraction of sp³-hybridized carbons (Fsp3) is 0.350. The van der Waals surface area contributed by atoms with Crippen LogP contribution in [0.5, 0.6) is 0 Å². The molecule has 4 nitrogen and oxygen atoms in total. The van der Waals surface area contributed by atoms with Crippen LogP contribution in [-0.4, -0.2) is 34.7 Å². The van der Waals surface area contributed by atoms with Gasteiger partial charge in [0.2, 0.25) is 0 Å². The third-order valence-electron chi connectivity index (χ3n) is 4.05. The molecule has 0 radical (unpaired) electrons. The molecule has 1 N–H and O–H groups in total. The van der Waals surface area contributed by atoms with Crippen LogP contribution in [0.2, 0.25) is 0 Å². The van der Waals surface area contributed by atoms with Crippen LogP contribution in [0.3, 0.4) is 0 Å². The second-order valence-corrected chi connectivity index (χ2v) is 5.99. The molecule has 2 aromatic carbocycles. The molecule has 0 aliphatic heterocycles. The van der Waals surface area contributed by atoms with E-state index in [0.717, 1.165) is 0 Å². The van der Waals surface area contributed by atoms with E-state index < -0.39 is 6.10 Å². The molecule has 0 bridgehead atoms. The van der Waals surface area contributed by atoms with Gasteiger partial charge in [-0.1, -0.05) is 60.7 Å². The van der Waals surface area contributed by atoms with E-state index in [9.17, 15) is 9.90 Å². The normalized spacial score (nSPS) is 13.5. The second-order valence-electron chi connectivity index (χ2n) is 5.99. The van der Waals surface area contributed by atoms with Gasteiger partial charge in [0.1, 0.15) is 12.7 Å². The summed E-state index contributed by atoms with van der Waals surface area (Å²) in [4.78, 5) is 13.2. The Morgan fingerprint density at radius 3 is 1.88 bits per heavy atom. The number of hydrogen-bond acceptors (Lipinski definition) is 4. The minimum Gasteiger partial charge on any atom is -0.463 e. The summed E-state index contributed by atoms with van der Waals surface area (Å²) < 4.78 is 4.96. The van der Waals surface area contributed by atoms with Crippen molar-refractivity contribution >= 4 is 5.97 Å². The molecule has 0 amide bonds. The van der Waals surface area contributed by atoms with Crippen LogP contribution < -0.4 is 0 Å². The zero-order valence-electron chi connectivity index (χ0n) is 14.3. The molecule has 0 unspecified atom stereocenters. The van der Waals surface area contributed by atoms with Gasteiger partial charge in [-0.05, 0) is 18.1 Å². The molecule has 0 saturated carbocycles. The summed E-state index contributed by atoms with van der Waals surface area (Å²) >= 11 is 0. The van der Waals surface area contributed by atoms with Gasteiger partial charge >= 0.3 is 5.97 Å². The van der Waals surface area contributed by atoms with Crippen LogP contribution in [0.1, 0.15) is 25.0 Å². The number of carbonyl (C=O) groups is 1. The first-order valence-electron chi connectivity index (χ1n) is 8.19. The SMILES string of the molecule is CC(=O)OC[C@@H](O)[C@H](C)N(Cc1ccccc1)Cc1ccccc1. The van der Waals surface area contributed by atoms with Crippen molar-refractivity contribution in [1.29, 1.82) is 0 Å². The fourth-order valence-electron chi connectivity index (χ4n) is 2.57. The number of nitrogens with zero attached hydrogens (tertiary/aromatic N) is 1. The van der Waals surface area contributed by atoms with Crippen molar-refractivity contribution in [2.24, 2.45) is 0 Å². The Labute approximate surface area is 143 Å². The molecular formula is C20H25NO3. The van der Waals surface area contributed by atoms with E-state index in [1.807, 2.05) is 43.3 Å². The quantitative estimate of drug-likeness (QED) is 0.757. The first kappa shape index (κ1) is 18.2. The molecule has 0 spiro atoms. The Morgan fingerprint density at radius 1 is 1.00 bits per heavy atom. The molecule has 128 valence electrons. The van der Waals surface area contributed by atoms with Crippen LogP contribution in [0.25, 0.3) is 0 Å². The Bertz CT molecular complexity index is 574. The van der Waals surface area contributed by atoms with Crippen molar-refractivity contribution in [3.05, 3.63) is 71.8 Å². The molecular weight excluding hydrogens is 302 g/mol. The van der Waals surface area contributed by atoms with Gasteiger partial charge in [-0.25, -0.2) is 0 Å². The summed E-state index contributed by atoms with van der Waals surface area (Å²) in [5.41, 5.74) is 2.36. The lowest BCUT2D eigenvalue weighted by atomic mass is 10.1. The van der Waals surface area contributed by atoms with Crippen LogP contribution in [-0.2, 0) is 22.6 Å².